The number of carbonyl (C=O) groups excluding carboxylic acids is 8. The number of benzene rings is 2. The number of ether oxygens (including phenoxy) is 1. The molecule has 0 spiro atoms. The average Bonchev–Trinajstić information content (AvgIpc) is 3.74. The van der Waals surface area contributed by atoms with Crippen LogP contribution in [0.5, 0.6) is 0 Å². The summed E-state index contributed by atoms with van der Waals surface area (Å²) in [6.45, 7) is 15.6. The van der Waals surface area contributed by atoms with E-state index in [1.807, 2.05) is 19.1 Å². The van der Waals surface area contributed by atoms with E-state index in [4.69, 9.17) is 4.74 Å². The summed E-state index contributed by atoms with van der Waals surface area (Å²) in [6, 6.07) is 9.56. The maximum atomic E-state index is 14.7. The van der Waals surface area contributed by atoms with Crippen molar-refractivity contribution in [2.75, 3.05) is 6.54 Å². The van der Waals surface area contributed by atoms with Gasteiger partial charge >= 0.3 is 5.97 Å². The summed E-state index contributed by atoms with van der Waals surface area (Å²) < 4.78 is 5.92. The van der Waals surface area contributed by atoms with Crippen molar-refractivity contribution < 1.29 is 43.1 Å². The Balaban J connectivity index is 1.79. The van der Waals surface area contributed by atoms with Crippen LogP contribution in [-0.2, 0) is 55.9 Å². The van der Waals surface area contributed by atoms with E-state index in [0.29, 0.717) is 24.8 Å². The number of hydrogen-bond donors (Lipinski definition) is 6. The quantitative estimate of drug-likeness (QED) is 0.172. The molecule has 2 aromatic carbocycles. The minimum absolute atomic E-state index is 0.000433. The average molecular weight is 874 g/mol. The molecular formula is C47H67N7O9. The van der Waals surface area contributed by atoms with E-state index in [1.165, 1.54) is 11.8 Å². The number of cyclic esters (lactones) is 1. The van der Waals surface area contributed by atoms with Gasteiger partial charge in [0.05, 0.1) is 6.42 Å². The Kier molecular flexibility index (Phi) is 18.2. The van der Waals surface area contributed by atoms with E-state index in [1.54, 1.807) is 97.0 Å². The molecule has 2 aliphatic heterocycles. The molecule has 2 aliphatic rings. The normalized spacial score (nSPS) is 25.3. The molecule has 2 saturated heterocycles. The van der Waals surface area contributed by atoms with Crippen molar-refractivity contribution >= 4 is 47.3 Å². The highest BCUT2D eigenvalue weighted by atomic mass is 16.5. The van der Waals surface area contributed by atoms with E-state index in [-0.39, 0.29) is 19.4 Å². The zero-order valence-corrected chi connectivity index (χ0v) is 38.1. The molecule has 2 fully saturated rings. The summed E-state index contributed by atoms with van der Waals surface area (Å²) in [7, 11) is 0. The van der Waals surface area contributed by atoms with Crippen LogP contribution in [0, 0.1) is 23.7 Å². The number of carbonyl (C=O) groups is 8. The molecule has 6 N–H and O–H groups in total. The number of nitrogens with zero attached hydrogens (tertiary/aromatic N) is 1. The molecule has 0 radical (unpaired) electrons. The second kappa shape index (κ2) is 23.0. The molecule has 9 atom stereocenters. The Morgan fingerprint density at radius 1 is 0.714 bits per heavy atom. The summed E-state index contributed by atoms with van der Waals surface area (Å²) in [4.78, 5) is 114. The monoisotopic (exact) mass is 874 g/mol. The number of amides is 7. The summed E-state index contributed by atoms with van der Waals surface area (Å²) >= 11 is 0. The second-order valence-corrected chi connectivity index (χ2v) is 17.9. The lowest BCUT2D eigenvalue weighted by molar-refractivity contribution is -0.157. The molecule has 7 amide bonds. The molecule has 344 valence electrons. The lowest BCUT2D eigenvalue weighted by Crippen LogP contribution is -2.62. The van der Waals surface area contributed by atoms with Crippen LogP contribution in [0.4, 0.5) is 0 Å². The maximum absolute atomic E-state index is 14.7. The van der Waals surface area contributed by atoms with Crippen molar-refractivity contribution in [3.05, 3.63) is 71.8 Å². The van der Waals surface area contributed by atoms with Crippen LogP contribution in [0.1, 0.15) is 92.7 Å². The first-order valence-corrected chi connectivity index (χ1v) is 22.2. The lowest BCUT2D eigenvalue weighted by atomic mass is 9.97. The second-order valence-electron chi connectivity index (χ2n) is 17.9. The van der Waals surface area contributed by atoms with Gasteiger partial charge in [-0.2, -0.15) is 0 Å². The summed E-state index contributed by atoms with van der Waals surface area (Å²) in [5.74, 6) is -7.14. The highest BCUT2D eigenvalue weighted by Gasteiger charge is 2.43. The predicted octanol–water partition coefficient (Wildman–Crippen LogP) is 2.33. The van der Waals surface area contributed by atoms with E-state index in [2.05, 4.69) is 31.9 Å². The van der Waals surface area contributed by atoms with Gasteiger partial charge in [0.25, 0.3) is 0 Å². The molecule has 0 saturated carbocycles. The maximum Gasteiger partial charge on any atom is 0.329 e. The Morgan fingerprint density at radius 2 is 1.24 bits per heavy atom. The van der Waals surface area contributed by atoms with Crippen molar-refractivity contribution in [2.45, 2.75) is 143 Å². The van der Waals surface area contributed by atoms with Crippen LogP contribution in [0.15, 0.2) is 60.7 Å². The van der Waals surface area contributed by atoms with Gasteiger partial charge in [0.1, 0.15) is 48.4 Å². The van der Waals surface area contributed by atoms with E-state index < -0.39 is 119 Å². The number of esters is 1. The highest BCUT2D eigenvalue weighted by molar-refractivity contribution is 5.98. The van der Waals surface area contributed by atoms with E-state index in [9.17, 15) is 38.4 Å². The van der Waals surface area contributed by atoms with Gasteiger partial charge in [-0.05, 0) is 54.6 Å². The molecule has 0 aromatic heterocycles. The van der Waals surface area contributed by atoms with Crippen LogP contribution < -0.4 is 31.9 Å². The van der Waals surface area contributed by atoms with Gasteiger partial charge in [-0.3, -0.25) is 33.6 Å². The largest absolute Gasteiger partial charge is 0.458 e. The van der Waals surface area contributed by atoms with Crippen molar-refractivity contribution in [1.29, 1.82) is 0 Å². The third-order valence-electron chi connectivity index (χ3n) is 11.8. The third kappa shape index (κ3) is 13.6. The zero-order valence-electron chi connectivity index (χ0n) is 38.1. The molecule has 2 heterocycles. The molecule has 63 heavy (non-hydrogen) atoms. The molecule has 4 rings (SSSR count). The number of hydrogen-bond acceptors (Lipinski definition) is 9. The summed E-state index contributed by atoms with van der Waals surface area (Å²) in [6.07, 6.45) is -0.133. The van der Waals surface area contributed by atoms with Crippen molar-refractivity contribution in [3.63, 3.8) is 0 Å². The first-order valence-electron chi connectivity index (χ1n) is 22.2. The SMILES string of the molecule is CC[C@H](C)[C@H](NC(=O)Cc1ccccc1)C(=O)N[C@@H]1C(=O)N[C@H](Cc2ccccc2)C(=O)N2CCC[C@H]2C(=O)N[C@@H](C(C)C)C(=O)N[C@@H](C(C)C)C(=O)N[C@@H](C(C)C)C(=O)O[C@@H]1C. The molecule has 16 nitrogen and oxygen atoms in total. The first-order chi connectivity index (χ1) is 29.8. The fourth-order valence-electron chi connectivity index (χ4n) is 7.79. The minimum atomic E-state index is -1.61. The fourth-order valence-corrected chi connectivity index (χ4v) is 7.79. The van der Waals surface area contributed by atoms with Crippen LogP contribution in [0.25, 0.3) is 0 Å². The third-order valence-corrected chi connectivity index (χ3v) is 11.8. The van der Waals surface area contributed by atoms with Gasteiger partial charge in [0.2, 0.25) is 41.4 Å². The van der Waals surface area contributed by atoms with Crippen molar-refractivity contribution in [3.8, 4) is 0 Å². The Bertz CT molecular complexity index is 1930. The number of fused-ring (bicyclic) bond motifs is 1. The van der Waals surface area contributed by atoms with Crippen LogP contribution in [0.3, 0.4) is 0 Å². The van der Waals surface area contributed by atoms with Gasteiger partial charge in [0, 0.05) is 13.0 Å². The van der Waals surface area contributed by atoms with Crippen molar-refractivity contribution in [1.82, 2.24) is 36.8 Å². The lowest BCUT2D eigenvalue weighted by Gasteiger charge is -2.33. The molecule has 2 aromatic rings. The van der Waals surface area contributed by atoms with Gasteiger partial charge in [0.15, 0.2) is 0 Å². The summed E-state index contributed by atoms with van der Waals surface area (Å²) in [5.41, 5.74) is 1.43. The zero-order chi connectivity index (χ0) is 46.5. The molecule has 0 aliphatic carbocycles. The van der Waals surface area contributed by atoms with Crippen molar-refractivity contribution in [2.24, 2.45) is 23.7 Å². The summed E-state index contributed by atoms with van der Waals surface area (Å²) in [5, 5.41) is 16.7. The van der Waals surface area contributed by atoms with Gasteiger partial charge in [-0.1, -0.05) is 122 Å². The van der Waals surface area contributed by atoms with Gasteiger partial charge < -0.3 is 41.5 Å². The molecule has 0 unspecified atom stereocenters. The Hall–Kier alpha value is -5.80. The number of rotatable bonds is 12. The van der Waals surface area contributed by atoms with Crippen LogP contribution in [-0.4, -0.2) is 107 Å². The smallest absolute Gasteiger partial charge is 0.329 e. The fraction of sp³-hybridized carbons (Fsp3) is 0.574. The van der Waals surface area contributed by atoms with Crippen LogP contribution >= 0.6 is 0 Å². The standard InChI is InChI=1S/C47H67N7O9/c1-10-29(8)39(49-35(55)25-32-20-15-12-16-21-32)44(59)53-40-30(9)63-47(62)38(28(6)7)52-43(58)37(27(4)5)51-42(57)36(26(2)3)50-41(56)34-22-17-23-54(34)46(61)33(48-45(40)60)24-31-18-13-11-14-19-31/h11-16,18-21,26-30,33-34,36-40H,10,17,22-25H2,1-9H3,(H,48,60)(H,49,55)(H,50,56)(H,51,57)(H,52,58)(H,53,59)/t29-,30+,33+,34-,36-,37-,38-,39-,40-/m0/s1. The van der Waals surface area contributed by atoms with Crippen LogP contribution in [0.2, 0.25) is 0 Å². The Labute approximate surface area is 371 Å². The predicted molar refractivity (Wildman–Crippen MR) is 236 cm³/mol. The molecule has 16 heteroatoms. The topological polar surface area (TPSA) is 221 Å². The minimum Gasteiger partial charge on any atom is -0.458 e. The first kappa shape index (κ1) is 49.9. The Morgan fingerprint density at radius 3 is 1.78 bits per heavy atom. The van der Waals surface area contributed by atoms with E-state index >= 15 is 0 Å². The molecule has 0 bridgehead atoms. The van der Waals surface area contributed by atoms with Gasteiger partial charge in [-0.25, -0.2) is 4.79 Å². The van der Waals surface area contributed by atoms with E-state index in [0.717, 1.165) is 5.56 Å². The molecular weight excluding hydrogens is 807 g/mol. The van der Waals surface area contributed by atoms with Gasteiger partial charge in [-0.15, -0.1) is 0 Å². The highest BCUT2D eigenvalue weighted by Crippen LogP contribution is 2.22. The number of nitrogens with one attached hydrogen (secondary N) is 6.